The maximum Gasteiger partial charge on any atom is 0.171 e. The van der Waals surface area contributed by atoms with Crippen molar-refractivity contribution in [2.75, 3.05) is 6.61 Å². The SMILES string of the molecule is BC1COc2cscc2O1. The summed E-state index contributed by atoms with van der Waals surface area (Å²) in [5.41, 5.74) is 0. The number of hydrogen-bond acceptors (Lipinski definition) is 3. The van der Waals surface area contributed by atoms with E-state index >= 15 is 0 Å². The molecule has 0 fully saturated rings. The fourth-order valence-corrected chi connectivity index (χ4v) is 1.59. The first kappa shape index (κ1) is 6.10. The lowest BCUT2D eigenvalue weighted by Crippen LogP contribution is -2.28. The van der Waals surface area contributed by atoms with Crippen LogP contribution in [0.2, 0.25) is 0 Å². The monoisotopic (exact) mass is 154 g/mol. The van der Waals surface area contributed by atoms with Gasteiger partial charge in [-0.25, -0.2) is 0 Å². The zero-order chi connectivity index (χ0) is 6.97. The molecule has 0 bridgehead atoms. The molecule has 52 valence electrons. The van der Waals surface area contributed by atoms with Gasteiger partial charge in [-0.3, -0.25) is 0 Å². The molecule has 0 spiro atoms. The first-order valence-corrected chi connectivity index (χ1v) is 4.16. The van der Waals surface area contributed by atoms with E-state index in [0.29, 0.717) is 6.61 Å². The molecule has 0 saturated carbocycles. The Balaban J connectivity index is 2.30. The number of fused-ring (bicyclic) bond motifs is 1. The van der Waals surface area contributed by atoms with Gasteiger partial charge in [-0.2, -0.15) is 0 Å². The lowest BCUT2D eigenvalue weighted by atomic mass is 10.0. The largest absolute Gasteiger partial charge is 0.491 e. The van der Waals surface area contributed by atoms with Crippen LogP contribution in [-0.2, 0) is 0 Å². The Kier molecular flexibility index (Phi) is 1.34. The van der Waals surface area contributed by atoms with Gasteiger partial charge < -0.3 is 9.47 Å². The van der Waals surface area contributed by atoms with Gasteiger partial charge in [-0.05, 0) is 0 Å². The smallest absolute Gasteiger partial charge is 0.171 e. The molecule has 1 aromatic rings. The third-order valence-electron chi connectivity index (χ3n) is 1.39. The highest BCUT2D eigenvalue weighted by atomic mass is 32.1. The Labute approximate surface area is 64.2 Å². The molecule has 0 aliphatic carbocycles. The molecule has 1 unspecified atom stereocenters. The quantitative estimate of drug-likeness (QED) is 0.506. The molecule has 0 amide bonds. The van der Waals surface area contributed by atoms with E-state index in [2.05, 4.69) is 0 Å². The van der Waals surface area contributed by atoms with Gasteiger partial charge in [0.25, 0.3) is 0 Å². The highest BCUT2D eigenvalue weighted by Crippen LogP contribution is 2.34. The summed E-state index contributed by atoms with van der Waals surface area (Å²) in [6.07, 6.45) is 0. The van der Waals surface area contributed by atoms with Gasteiger partial charge in [0.05, 0.1) is 6.00 Å². The van der Waals surface area contributed by atoms with Crippen molar-refractivity contribution in [2.45, 2.75) is 6.00 Å². The fourth-order valence-electron chi connectivity index (χ4n) is 0.923. The summed E-state index contributed by atoms with van der Waals surface area (Å²) >= 11 is 1.61. The van der Waals surface area contributed by atoms with Crippen LogP contribution in [0.25, 0.3) is 0 Å². The van der Waals surface area contributed by atoms with Crippen LogP contribution in [-0.4, -0.2) is 20.5 Å². The van der Waals surface area contributed by atoms with Crippen molar-refractivity contribution in [2.24, 2.45) is 0 Å². The Morgan fingerprint density at radius 2 is 2.30 bits per heavy atom. The molecule has 1 atom stereocenters. The minimum atomic E-state index is 0.196. The van der Waals surface area contributed by atoms with E-state index in [9.17, 15) is 0 Å². The minimum Gasteiger partial charge on any atom is -0.491 e. The lowest BCUT2D eigenvalue weighted by Gasteiger charge is -2.20. The molecule has 0 saturated heterocycles. The Morgan fingerprint density at radius 3 is 3.20 bits per heavy atom. The fraction of sp³-hybridized carbons (Fsp3) is 0.333. The standard InChI is InChI=1S/C6H7BO2S/c7-6-1-8-4-2-10-3-5(4)9-6/h2-3,6H,1,7H2. The van der Waals surface area contributed by atoms with Crippen LogP contribution < -0.4 is 9.47 Å². The molecule has 1 aromatic heterocycles. The summed E-state index contributed by atoms with van der Waals surface area (Å²) in [4.78, 5) is 0. The van der Waals surface area contributed by atoms with Crippen LogP contribution in [0.3, 0.4) is 0 Å². The second kappa shape index (κ2) is 2.20. The maximum absolute atomic E-state index is 5.46. The Hall–Kier alpha value is -0.635. The van der Waals surface area contributed by atoms with E-state index in [1.165, 1.54) is 0 Å². The summed E-state index contributed by atoms with van der Waals surface area (Å²) in [6, 6.07) is 0.196. The van der Waals surface area contributed by atoms with Crippen LogP contribution in [0.4, 0.5) is 0 Å². The highest BCUT2D eigenvalue weighted by molar-refractivity contribution is 7.08. The average Bonchev–Trinajstić information content (AvgIpc) is 2.33. The summed E-state index contributed by atoms with van der Waals surface area (Å²) in [7, 11) is 2.00. The van der Waals surface area contributed by atoms with Crippen LogP contribution in [0.15, 0.2) is 10.8 Å². The van der Waals surface area contributed by atoms with Gasteiger partial charge in [0.15, 0.2) is 19.3 Å². The number of rotatable bonds is 0. The third kappa shape index (κ3) is 0.885. The van der Waals surface area contributed by atoms with Crippen LogP contribution >= 0.6 is 11.3 Å². The zero-order valence-corrected chi connectivity index (χ0v) is 6.48. The summed E-state index contributed by atoms with van der Waals surface area (Å²) in [6.45, 7) is 0.670. The number of ether oxygens (including phenoxy) is 2. The molecule has 4 heteroatoms. The van der Waals surface area contributed by atoms with Crippen molar-refractivity contribution in [3.8, 4) is 11.5 Å². The van der Waals surface area contributed by atoms with Gasteiger partial charge >= 0.3 is 0 Å². The molecule has 1 aliphatic heterocycles. The Bertz CT molecular complexity index is 235. The molecule has 2 rings (SSSR count). The second-order valence-corrected chi connectivity index (χ2v) is 3.08. The Morgan fingerprint density at radius 1 is 1.50 bits per heavy atom. The first-order chi connectivity index (χ1) is 4.86. The topological polar surface area (TPSA) is 18.5 Å². The molecule has 0 N–H and O–H groups in total. The maximum atomic E-state index is 5.46. The molecular formula is C6H7BO2S. The van der Waals surface area contributed by atoms with E-state index in [1.54, 1.807) is 11.3 Å². The molecule has 10 heavy (non-hydrogen) atoms. The van der Waals surface area contributed by atoms with E-state index in [-0.39, 0.29) is 6.00 Å². The van der Waals surface area contributed by atoms with E-state index < -0.39 is 0 Å². The van der Waals surface area contributed by atoms with Crippen molar-refractivity contribution in [3.05, 3.63) is 10.8 Å². The molecule has 0 radical (unpaired) electrons. The van der Waals surface area contributed by atoms with Gasteiger partial charge in [0.1, 0.15) is 6.61 Å². The molecular weight excluding hydrogens is 147 g/mol. The van der Waals surface area contributed by atoms with Crippen LogP contribution in [0.5, 0.6) is 11.5 Å². The normalized spacial score (nSPS) is 22.6. The predicted octanol–water partition coefficient (Wildman–Crippen LogP) is 0.478. The van der Waals surface area contributed by atoms with Crippen molar-refractivity contribution in [1.29, 1.82) is 0 Å². The van der Waals surface area contributed by atoms with Gasteiger partial charge in [-0.15, -0.1) is 11.3 Å². The van der Waals surface area contributed by atoms with Gasteiger partial charge in [-0.1, -0.05) is 0 Å². The van der Waals surface area contributed by atoms with Gasteiger partial charge in [0.2, 0.25) is 0 Å². The molecule has 2 nitrogen and oxygen atoms in total. The van der Waals surface area contributed by atoms with Crippen molar-refractivity contribution in [1.82, 2.24) is 0 Å². The molecule has 0 aromatic carbocycles. The first-order valence-electron chi connectivity index (χ1n) is 3.22. The van der Waals surface area contributed by atoms with E-state index in [0.717, 1.165) is 11.5 Å². The summed E-state index contributed by atoms with van der Waals surface area (Å²) < 4.78 is 10.8. The van der Waals surface area contributed by atoms with Crippen LogP contribution in [0, 0.1) is 0 Å². The van der Waals surface area contributed by atoms with E-state index in [4.69, 9.17) is 9.47 Å². The molecule has 2 heterocycles. The minimum absolute atomic E-state index is 0.196. The van der Waals surface area contributed by atoms with E-state index in [1.807, 2.05) is 18.6 Å². The summed E-state index contributed by atoms with van der Waals surface area (Å²) in [5.74, 6) is 1.78. The average molecular weight is 154 g/mol. The predicted molar refractivity (Wildman–Crippen MR) is 42.8 cm³/mol. The second-order valence-electron chi connectivity index (χ2n) is 2.34. The van der Waals surface area contributed by atoms with Crippen molar-refractivity contribution < 1.29 is 9.47 Å². The highest BCUT2D eigenvalue weighted by Gasteiger charge is 2.16. The number of hydrogen-bond donors (Lipinski definition) is 0. The van der Waals surface area contributed by atoms with Crippen molar-refractivity contribution >= 4 is 19.2 Å². The summed E-state index contributed by atoms with van der Waals surface area (Å²) in [5, 5.41) is 3.92. The van der Waals surface area contributed by atoms with Crippen LogP contribution in [0.1, 0.15) is 0 Å². The number of thiophene rings is 1. The van der Waals surface area contributed by atoms with Crippen molar-refractivity contribution in [3.63, 3.8) is 0 Å². The third-order valence-corrected chi connectivity index (χ3v) is 2.10. The van der Waals surface area contributed by atoms with Gasteiger partial charge in [0, 0.05) is 10.8 Å². The lowest BCUT2D eigenvalue weighted by molar-refractivity contribution is 0.145. The zero-order valence-electron chi connectivity index (χ0n) is 5.66. The molecule has 1 aliphatic rings.